The fourth-order valence-corrected chi connectivity index (χ4v) is 13.5. The summed E-state index contributed by atoms with van der Waals surface area (Å²) in [6.07, 6.45) is -11.8. The summed E-state index contributed by atoms with van der Waals surface area (Å²) in [6, 6.07) is 33.8. The molecule has 2 saturated carbocycles. The minimum atomic E-state index is -2.53. The number of carbonyl (C=O) groups excluding carboxylic acids is 8. The first-order valence-corrected chi connectivity index (χ1v) is 28.4. The highest BCUT2D eigenvalue weighted by molar-refractivity contribution is 6.30. The van der Waals surface area contributed by atoms with Crippen molar-refractivity contribution in [3.8, 4) is 5.75 Å². The third-order valence-corrected chi connectivity index (χ3v) is 18.1. The second-order valence-electron chi connectivity index (χ2n) is 23.1. The van der Waals surface area contributed by atoms with E-state index in [2.05, 4.69) is 5.32 Å². The Labute approximate surface area is 500 Å². The maximum absolute atomic E-state index is 16.0. The monoisotopic (exact) mass is 1190 g/mol. The van der Waals surface area contributed by atoms with Crippen molar-refractivity contribution in [3.63, 3.8) is 0 Å². The number of nitrogens with zero attached hydrogens (tertiary/aromatic N) is 1. The van der Waals surface area contributed by atoms with Gasteiger partial charge in [0.15, 0.2) is 17.5 Å². The number of ether oxygens (including phenoxy) is 7. The van der Waals surface area contributed by atoms with Gasteiger partial charge in [0, 0.05) is 59.3 Å². The lowest BCUT2D eigenvalue weighted by Crippen LogP contribution is -2.82. The van der Waals surface area contributed by atoms with E-state index in [9.17, 15) is 34.2 Å². The number of nitrogens with one attached hydrogen (secondary N) is 1. The van der Waals surface area contributed by atoms with Gasteiger partial charge in [0.2, 0.25) is 6.10 Å². The molecule has 1 amide bonds. The predicted molar refractivity (Wildman–Crippen MR) is 310 cm³/mol. The fraction of sp³-hybridized carbons (Fsp3) is 0.364. The molecule has 1 aromatic heterocycles. The second-order valence-corrected chi connectivity index (χ2v) is 23.5. The zero-order valence-corrected chi connectivity index (χ0v) is 49.2. The van der Waals surface area contributed by atoms with Gasteiger partial charge in [0.25, 0.3) is 11.8 Å². The van der Waals surface area contributed by atoms with Gasteiger partial charge in [0.05, 0.1) is 48.7 Å². The van der Waals surface area contributed by atoms with Crippen LogP contribution in [0.25, 0.3) is 10.9 Å². The highest BCUT2D eigenvalue weighted by atomic mass is 35.5. The van der Waals surface area contributed by atoms with Crippen LogP contribution in [0.15, 0.2) is 145 Å². The standard InChI is InChI=1S/C66H65ClN2O17/c1-35-48(33-66(79)58(85-61(77)42-22-16-11-17-23-42)56-64(7,49(72)32-50-65(56,34-81-50)86-38(4)71)57(74)54(82-37(3)70)52(35)63(66,5)6)83-62(78)55(53(39-18-12-9-13-19-39)68-59(75)40-20-14-10-15-21-40)84-51(73)31-45-36(2)69(47-29-28-44(80-8)30-46(45)47)60(76)41-24-26-43(67)27-25-41/h9-30,48-50,53-56,58,72,79H,31-34H2,1-8H3,(H,68,75)/t48-,49-,50?,53-,54+,55+,56-,58-,64+,65-,66+/m0/s1. The van der Waals surface area contributed by atoms with E-state index in [1.807, 2.05) is 0 Å². The highest BCUT2D eigenvalue weighted by Crippen LogP contribution is 2.64. The van der Waals surface area contributed by atoms with E-state index >= 15 is 14.4 Å². The Bertz CT molecular complexity index is 3720. The number of ketones is 1. The van der Waals surface area contributed by atoms with E-state index in [4.69, 9.17) is 44.8 Å². The molecule has 448 valence electrons. The number of amides is 1. The predicted octanol–water partition coefficient (Wildman–Crippen LogP) is 8.14. The first-order valence-electron chi connectivity index (χ1n) is 28.1. The van der Waals surface area contributed by atoms with E-state index in [-0.39, 0.29) is 40.9 Å². The molecule has 3 aliphatic carbocycles. The molecule has 86 heavy (non-hydrogen) atoms. The maximum atomic E-state index is 16.0. The van der Waals surface area contributed by atoms with Gasteiger partial charge >= 0.3 is 29.8 Å². The smallest absolute Gasteiger partial charge is 0.350 e. The van der Waals surface area contributed by atoms with E-state index in [0.29, 0.717) is 38.5 Å². The topological polar surface area (TPSA) is 259 Å². The molecule has 11 atom stereocenters. The molecule has 4 aliphatic rings. The summed E-state index contributed by atoms with van der Waals surface area (Å²) < 4.78 is 44.6. The number of Topliss-reactive ketones (excluding diaryl/α,β-unsaturated/α-hetero) is 1. The number of halogens is 1. The molecule has 3 N–H and O–H groups in total. The van der Waals surface area contributed by atoms with Crippen molar-refractivity contribution in [3.05, 3.63) is 183 Å². The molecule has 3 fully saturated rings. The zero-order chi connectivity index (χ0) is 61.8. The number of carbonyl (C=O) groups is 8. The molecule has 1 aliphatic heterocycles. The van der Waals surface area contributed by atoms with Crippen molar-refractivity contribution in [1.29, 1.82) is 0 Å². The number of benzene rings is 5. The van der Waals surface area contributed by atoms with E-state index in [1.165, 1.54) is 37.7 Å². The second kappa shape index (κ2) is 23.4. The van der Waals surface area contributed by atoms with Gasteiger partial charge in [-0.15, -0.1) is 0 Å². The van der Waals surface area contributed by atoms with Gasteiger partial charge in [-0.3, -0.25) is 33.3 Å². The molecule has 20 heteroatoms. The summed E-state index contributed by atoms with van der Waals surface area (Å²) in [6.45, 7) is 9.45. The molecule has 0 radical (unpaired) electrons. The van der Waals surface area contributed by atoms with Gasteiger partial charge in [-0.05, 0) is 110 Å². The van der Waals surface area contributed by atoms with Crippen LogP contribution in [0.4, 0.5) is 0 Å². The van der Waals surface area contributed by atoms with Crippen LogP contribution in [-0.2, 0) is 58.8 Å². The van der Waals surface area contributed by atoms with Crippen molar-refractivity contribution in [2.24, 2.45) is 16.7 Å². The van der Waals surface area contributed by atoms with E-state index < -0.39 is 131 Å². The molecular weight excluding hydrogens is 1130 g/mol. The first kappa shape index (κ1) is 60.6. The molecule has 2 heterocycles. The van der Waals surface area contributed by atoms with E-state index in [0.717, 1.165) is 13.8 Å². The fourth-order valence-electron chi connectivity index (χ4n) is 13.4. The minimum Gasteiger partial charge on any atom is -0.497 e. The molecule has 6 aromatic rings. The molecule has 1 unspecified atom stereocenters. The van der Waals surface area contributed by atoms with Crippen LogP contribution in [0.3, 0.4) is 0 Å². The molecular formula is C66H65ClN2O17. The Morgan fingerprint density at radius 2 is 1.42 bits per heavy atom. The first-order chi connectivity index (χ1) is 40.9. The highest BCUT2D eigenvalue weighted by Gasteiger charge is 2.78. The summed E-state index contributed by atoms with van der Waals surface area (Å²) in [7, 11) is 1.46. The number of aliphatic hydroxyl groups excluding tert-OH is 1. The lowest BCUT2D eigenvalue weighted by Gasteiger charge is -2.67. The van der Waals surface area contributed by atoms with Crippen molar-refractivity contribution < 1.29 is 81.7 Å². The molecule has 2 bridgehead atoms. The number of hydrogen-bond acceptors (Lipinski definition) is 17. The number of hydrogen-bond donors (Lipinski definition) is 3. The number of aromatic nitrogens is 1. The number of methoxy groups -OCH3 is 1. The number of fused-ring (bicyclic) bond motifs is 6. The minimum absolute atomic E-state index is 0.0213. The van der Waals surface area contributed by atoms with Crippen LogP contribution in [0.5, 0.6) is 5.75 Å². The van der Waals surface area contributed by atoms with Gasteiger partial charge < -0.3 is 48.7 Å². The third kappa shape index (κ3) is 10.5. The summed E-state index contributed by atoms with van der Waals surface area (Å²) in [5.74, 6) is -8.35. The lowest BCUT2D eigenvalue weighted by atomic mass is 9.44. The Morgan fingerprint density at radius 3 is 2.01 bits per heavy atom. The Balaban J connectivity index is 1.12. The van der Waals surface area contributed by atoms with Gasteiger partial charge in [-0.2, -0.15) is 0 Å². The van der Waals surface area contributed by atoms with Crippen molar-refractivity contribution in [1.82, 2.24) is 9.88 Å². The van der Waals surface area contributed by atoms with E-state index in [1.54, 1.807) is 142 Å². The summed E-state index contributed by atoms with van der Waals surface area (Å²) >= 11 is 6.19. The molecule has 10 rings (SSSR count). The molecule has 1 saturated heterocycles. The van der Waals surface area contributed by atoms with Gasteiger partial charge in [-0.25, -0.2) is 9.59 Å². The Kier molecular flexibility index (Phi) is 16.5. The van der Waals surface area contributed by atoms with Crippen molar-refractivity contribution in [2.45, 2.75) is 122 Å². The number of rotatable bonds is 15. The SMILES string of the molecule is COc1ccc2c(c1)c(CC(=O)O[C@@H](C(=O)O[C@H]1C[C@@]3(O)[C@@H](OC(=O)c4ccccc4)[C@H]4[C@](C)(C(=O)[C@H](OC(C)=O)C(=C1C)C3(C)C)[C@@H](O)CC1OC[C@]14OC(C)=O)[C@@H](NC(=O)c1ccccc1)c1ccccc1)c(C)n2C(=O)c1ccc(Cl)cc1. The van der Waals surface area contributed by atoms with Crippen LogP contribution in [0.1, 0.15) is 108 Å². The largest absolute Gasteiger partial charge is 0.497 e. The van der Waals surface area contributed by atoms with Gasteiger partial charge in [-0.1, -0.05) is 92.2 Å². The molecule has 0 spiro atoms. The molecule has 19 nitrogen and oxygen atoms in total. The summed E-state index contributed by atoms with van der Waals surface area (Å²) in [5.41, 5.74) is -6.48. The average molecular weight is 1190 g/mol. The van der Waals surface area contributed by atoms with Crippen LogP contribution in [-0.4, -0.2) is 124 Å². The maximum Gasteiger partial charge on any atom is 0.350 e. The third-order valence-electron chi connectivity index (χ3n) is 17.9. The Hall–Kier alpha value is -8.49. The lowest BCUT2D eigenvalue weighted by molar-refractivity contribution is -0.346. The Morgan fingerprint density at radius 1 is 0.791 bits per heavy atom. The average Bonchev–Trinajstić information content (AvgIpc) is 0.795. The normalized spacial score (nSPS) is 26.2. The van der Waals surface area contributed by atoms with Gasteiger partial charge in [0.1, 0.15) is 35.7 Å². The molecule has 5 aromatic carbocycles. The van der Waals surface area contributed by atoms with Crippen LogP contribution in [0, 0.1) is 23.7 Å². The summed E-state index contributed by atoms with van der Waals surface area (Å²) in [5, 5.41) is 30.3. The van der Waals surface area contributed by atoms with Crippen LogP contribution in [0.2, 0.25) is 5.02 Å². The number of esters is 5. The quantitative estimate of drug-likeness (QED) is 0.0498. The number of aliphatic hydroxyl groups is 2. The van der Waals surface area contributed by atoms with Crippen LogP contribution < -0.4 is 10.1 Å². The van der Waals surface area contributed by atoms with Crippen molar-refractivity contribution >= 4 is 69.9 Å². The van der Waals surface area contributed by atoms with Crippen molar-refractivity contribution in [2.75, 3.05) is 13.7 Å². The summed E-state index contributed by atoms with van der Waals surface area (Å²) in [4.78, 5) is 117. The zero-order valence-electron chi connectivity index (χ0n) is 48.5. The van der Waals surface area contributed by atoms with Crippen LogP contribution >= 0.6 is 11.6 Å².